The summed E-state index contributed by atoms with van der Waals surface area (Å²) in [4.78, 5) is 35.1. The summed E-state index contributed by atoms with van der Waals surface area (Å²) < 4.78 is 0. The van der Waals surface area contributed by atoms with Gasteiger partial charge in [0.25, 0.3) is 5.91 Å². The molecule has 1 aromatic carbocycles. The Bertz CT molecular complexity index is 931. The number of piperidine rings is 2. The van der Waals surface area contributed by atoms with Gasteiger partial charge in [0.1, 0.15) is 6.54 Å². The Balaban J connectivity index is 0.00000289. The third kappa shape index (κ3) is 5.41. The lowest BCUT2D eigenvalue weighted by molar-refractivity contribution is -0.133. The average molecular weight is 481 g/mol. The van der Waals surface area contributed by atoms with Gasteiger partial charge in [-0.15, -0.1) is 12.4 Å². The number of halogens is 2. The molecule has 2 fully saturated rings. The molecule has 0 bridgehead atoms. The number of rotatable bonds is 5. The molecule has 6 nitrogen and oxygen atoms in total. The van der Waals surface area contributed by atoms with Crippen LogP contribution in [0, 0.1) is 11.8 Å². The minimum atomic E-state index is -0.121. The molecule has 3 heterocycles. The average Bonchev–Trinajstić information content (AvgIpc) is 3.17. The first-order valence-electron chi connectivity index (χ1n) is 11.5. The van der Waals surface area contributed by atoms with Crippen LogP contribution in [0.15, 0.2) is 24.4 Å². The molecule has 2 aliphatic heterocycles. The van der Waals surface area contributed by atoms with E-state index in [2.05, 4.69) is 16.9 Å². The van der Waals surface area contributed by atoms with E-state index in [1.165, 1.54) is 25.9 Å². The summed E-state index contributed by atoms with van der Waals surface area (Å²) in [5.41, 5.74) is 1.40. The Hall–Kier alpha value is -1.76. The third-order valence-electron chi connectivity index (χ3n) is 7.20. The minimum absolute atomic E-state index is 0. The minimum Gasteiger partial charge on any atom is -0.360 e. The Morgan fingerprint density at radius 1 is 1.09 bits per heavy atom. The zero-order valence-electron chi connectivity index (χ0n) is 19.0. The van der Waals surface area contributed by atoms with E-state index in [-0.39, 0.29) is 30.8 Å². The van der Waals surface area contributed by atoms with Crippen LogP contribution in [0.4, 0.5) is 0 Å². The van der Waals surface area contributed by atoms with Crippen molar-refractivity contribution in [1.82, 2.24) is 19.7 Å². The van der Waals surface area contributed by atoms with Crippen LogP contribution in [0.1, 0.15) is 43.0 Å². The van der Waals surface area contributed by atoms with E-state index in [0.29, 0.717) is 17.1 Å². The molecule has 8 heteroatoms. The summed E-state index contributed by atoms with van der Waals surface area (Å²) >= 11 is 6.14. The van der Waals surface area contributed by atoms with Crippen molar-refractivity contribution in [3.8, 4) is 0 Å². The second-order valence-corrected chi connectivity index (χ2v) is 9.48. The highest BCUT2D eigenvalue weighted by molar-refractivity contribution is 6.35. The van der Waals surface area contributed by atoms with E-state index in [9.17, 15) is 9.59 Å². The Morgan fingerprint density at radius 2 is 1.72 bits per heavy atom. The number of H-pyrrole nitrogens is 1. The predicted octanol–water partition coefficient (Wildman–Crippen LogP) is 4.29. The van der Waals surface area contributed by atoms with Crippen molar-refractivity contribution in [2.24, 2.45) is 11.8 Å². The first-order chi connectivity index (χ1) is 15.0. The number of amides is 2. The van der Waals surface area contributed by atoms with Crippen LogP contribution < -0.4 is 0 Å². The number of benzene rings is 1. The summed E-state index contributed by atoms with van der Waals surface area (Å²) in [5, 5.41) is 1.53. The largest absolute Gasteiger partial charge is 0.360 e. The number of aromatic amines is 1. The smallest absolute Gasteiger partial charge is 0.254 e. The summed E-state index contributed by atoms with van der Waals surface area (Å²) in [5.74, 6) is 1.48. The van der Waals surface area contributed by atoms with Crippen LogP contribution in [0.25, 0.3) is 10.9 Å². The maximum atomic E-state index is 13.0. The molecule has 2 aliphatic rings. The van der Waals surface area contributed by atoms with Gasteiger partial charge in [0, 0.05) is 42.3 Å². The van der Waals surface area contributed by atoms with Crippen LogP contribution in [-0.2, 0) is 4.79 Å². The van der Waals surface area contributed by atoms with Crippen molar-refractivity contribution >= 4 is 46.7 Å². The van der Waals surface area contributed by atoms with Crippen LogP contribution >= 0.6 is 24.0 Å². The molecule has 0 unspecified atom stereocenters. The highest BCUT2D eigenvalue weighted by Crippen LogP contribution is 2.32. The predicted molar refractivity (Wildman–Crippen MR) is 132 cm³/mol. The fraction of sp³-hybridized carbons (Fsp3) is 0.583. The number of nitrogens with zero attached hydrogens (tertiary/aromatic N) is 3. The quantitative estimate of drug-likeness (QED) is 0.694. The highest BCUT2D eigenvalue weighted by Gasteiger charge is 2.31. The molecule has 32 heavy (non-hydrogen) atoms. The monoisotopic (exact) mass is 480 g/mol. The number of nitrogens with one attached hydrogen (secondary N) is 1. The van der Waals surface area contributed by atoms with Crippen LogP contribution in [-0.4, -0.2) is 77.8 Å². The summed E-state index contributed by atoms with van der Waals surface area (Å²) in [6, 6.07) is 5.44. The van der Waals surface area contributed by atoms with Gasteiger partial charge in [-0.05, 0) is 76.7 Å². The lowest BCUT2D eigenvalue weighted by Crippen LogP contribution is -2.47. The molecular formula is C24H34Cl2N4O2. The number of fused-ring (bicyclic) bond motifs is 1. The topological polar surface area (TPSA) is 59.7 Å². The van der Waals surface area contributed by atoms with Gasteiger partial charge in [-0.25, -0.2) is 0 Å². The lowest BCUT2D eigenvalue weighted by Gasteiger charge is -2.39. The van der Waals surface area contributed by atoms with Gasteiger partial charge in [0.15, 0.2) is 0 Å². The zero-order valence-corrected chi connectivity index (χ0v) is 20.6. The Morgan fingerprint density at radius 3 is 2.34 bits per heavy atom. The molecule has 0 saturated carbocycles. The van der Waals surface area contributed by atoms with E-state index >= 15 is 0 Å². The maximum Gasteiger partial charge on any atom is 0.254 e. The van der Waals surface area contributed by atoms with Crippen molar-refractivity contribution in [3.63, 3.8) is 0 Å². The molecule has 2 aromatic rings. The van der Waals surface area contributed by atoms with Gasteiger partial charge in [-0.1, -0.05) is 17.7 Å². The zero-order chi connectivity index (χ0) is 22.0. The van der Waals surface area contributed by atoms with E-state index in [1.807, 2.05) is 24.0 Å². The fourth-order valence-electron chi connectivity index (χ4n) is 5.12. The molecule has 1 aromatic heterocycles. The molecule has 176 valence electrons. The molecular weight excluding hydrogens is 447 g/mol. The Kier molecular flexibility index (Phi) is 8.48. The molecule has 1 N–H and O–H groups in total. The van der Waals surface area contributed by atoms with Gasteiger partial charge >= 0.3 is 0 Å². The van der Waals surface area contributed by atoms with E-state index in [1.54, 1.807) is 17.2 Å². The van der Waals surface area contributed by atoms with E-state index < -0.39 is 0 Å². The highest BCUT2D eigenvalue weighted by atomic mass is 35.5. The van der Waals surface area contributed by atoms with Gasteiger partial charge in [0.05, 0.1) is 5.02 Å². The van der Waals surface area contributed by atoms with Gasteiger partial charge < -0.3 is 19.7 Å². The second-order valence-electron chi connectivity index (χ2n) is 9.08. The number of aromatic nitrogens is 1. The number of hydrogen-bond acceptors (Lipinski definition) is 3. The molecule has 0 spiro atoms. The number of likely N-dealkylation sites (tertiary alicyclic amines) is 2. The normalized spacial score (nSPS) is 18.5. The lowest BCUT2D eigenvalue weighted by atomic mass is 9.79. The van der Waals surface area contributed by atoms with E-state index in [0.717, 1.165) is 48.7 Å². The molecule has 4 rings (SSSR count). The molecule has 0 aliphatic carbocycles. The summed E-state index contributed by atoms with van der Waals surface area (Å²) in [7, 11) is 2.20. The molecule has 2 saturated heterocycles. The van der Waals surface area contributed by atoms with Crippen molar-refractivity contribution in [3.05, 3.63) is 35.0 Å². The van der Waals surface area contributed by atoms with Crippen molar-refractivity contribution < 1.29 is 9.59 Å². The number of carbonyl (C=O) groups is 2. The molecule has 0 atom stereocenters. The summed E-state index contributed by atoms with van der Waals surface area (Å²) in [6.45, 7) is 6.57. The van der Waals surface area contributed by atoms with Gasteiger partial charge in [-0.2, -0.15) is 0 Å². The van der Waals surface area contributed by atoms with Crippen molar-refractivity contribution in [1.29, 1.82) is 0 Å². The molecule has 2 amide bonds. The van der Waals surface area contributed by atoms with Gasteiger partial charge in [0.2, 0.25) is 5.91 Å². The SMILES string of the molecule is CCN(CC(=O)N1CCC(C2CCN(C)CC2)CC1)C(=O)c1ccc2c(Cl)c[nH]c2c1.Cl. The summed E-state index contributed by atoms with van der Waals surface area (Å²) in [6.07, 6.45) is 6.46. The number of likely N-dealkylation sites (N-methyl/N-ethyl adjacent to an activating group) is 1. The Labute approximate surface area is 201 Å². The van der Waals surface area contributed by atoms with Crippen LogP contribution in [0.5, 0.6) is 0 Å². The number of carbonyl (C=O) groups excluding carboxylic acids is 2. The standard InChI is InChI=1S/C24H33ClN4O2.ClH/c1-3-28(24(31)19-4-5-20-21(25)15-26-22(20)14-19)16-23(30)29-12-8-18(9-13-29)17-6-10-27(2)11-7-17;/h4-5,14-15,17-18,26H,3,6-13,16H2,1-2H3;1H. The first kappa shape index (κ1) is 24.9. The maximum absolute atomic E-state index is 13.0. The van der Waals surface area contributed by atoms with E-state index in [4.69, 9.17) is 11.6 Å². The molecule has 0 radical (unpaired) electrons. The second kappa shape index (κ2) is 10.9. The van der Waals surface area contributed by atoms with Crippen molar-refractivity contribution in [2.75, 3.05) is 46.3 Å². The van der Waals surface area contributed by atoms with Crippen molar-refractivity contribution in [2.45, 2.75) is 32.6 Å². The fourth-order valence-corrected chi connectivity index (χ4v) is 5.34. The van der Waals surface area contributed by atoms with Gasteiger partial charge in [-0.3, -0.25) is 9.59 Å². The van der Waals surface area contributed by atoms with Crippen LogP contribution in [0.2, 0.25) is 5.02 Å². The first-order valence-corrected chi connectivity index (χ1v) is 11.9. The third-order valence-corrected chi connectivity index (χ3v) is 7.51. The van der Waals surface area contributed by atoms with Crippen LogP contribution in [0.3, 0.4) is 0 Å². The number of hydrogen-bond donors (Lipinski definition) is 1.